The number of amides is 3. The second kappa shape index (κ2) is 10.3. The quantitative estimate of drug-likeness (QED) is 0.162. The summed E-state index contributed by atoms with van der Waals surface area (Å²) in [5, 5.41) is 58.4. The Morgan fingerprint density at radius 3 is 2.07 bits per heavy atom. The van der Waals surface area contributed by atoms with Crippen molar-refractivity contribution in [2.75, 3.05) is 10.6 Å². The summed E-state index contributed by atoms with van der Waals surface area (Å²) >= 11 is 0. The lowest BCUT2D eigenvalue weighted by atomic mass is 9.60. The van der Waals surface area contributed by atoms with Gasteiger partial charge in [-0.05, 0) is 77.9 Å². The standard InChI is InChI=1S/C32H27N3O9/c33-30(42)26-23(38)13-16-11-15-12-21-20(9-10-22(37)25(21)27(39)24(15)28(40)32(16,44)29(26)41)14-1-3-17(4-2-14)34-31(43)35-18-5-7-19(36)8-6-18/h1-10,15-16,36-38,40,44H,11-13H2,(H2,33,42)(H2,34,35,43)/t15?,16-,32-/m0/s1. The number of primary amides is 1. The van der Waals surface area contributed by atoms with Crippen molar-refractivity contribution in [1.82, 2.24) is 0 Å². The van der Waals surface area contributed by atoms with Gasteiger partial charge in [-0.15, -0.1) is 0 Å². The summed E-state index contributed by atoms with van der Waals surface area (Å²) in [6.07, 6.45) is -0.124. The van der Waals surface area contributed by atoms with E-state index >= 15 is 0 Å². The van der Waals surface area contributed by atoms with Crippen LogP contribution in [0, 0.1) is 11.8 Å². The number of anilines is 2. The smallest absolute Gasteiger partial charge is 0.323 e. The van der Waals surface area contributed by atoms with E-state index in [-0.39, 0.29) is 41.9 Å². The highest BCUT2D eigenvalue weighted by Crippen LogP contribution is 2.52. The number of aromatic hydroxyl groups is 2. The van der Waals surface area contributed by atoms with E-state index in [0.717, 1.165) is 0 Å². The molecule has 0 saturated heterocycles. The third-order valence-corrected chi connectivity index (χ3v) is 8.52. The number of fused-ring (bicyclic) bond motifs is 3. The minimum atomic E-state index is -2.62. The molecule has 224 valence electrons. The zero-order chi connectivity index (χ0) is 31.5. The first-order valence-corrected chi connectivity index (χ1v) is 13.7. The van der Waals surface area contributed by atoms with Gasteiger partial charge in [0.1, 0.15) is 28.6 Å². The fourth-order valence-electron chi connectivity index (χ4n) is 6.46. The summed E-state index contributed by atoms with van der Waals surface area (Å²) in [4.78, 5) is 51.1. The lowest BCUT2D eigenvalue weighted by Crippen LogP contribution is -2.57. The van der Waals surface area contributed by atoms with Crippen LogP contribution < -0.4 is 16.4 Å². The molecule has 12 heteroatoms. The molecule has 1 unspecified atom stereocenters. The molecule has 0 aromatic heterocycles. The molecule has 0 bridgehead atoms. The highest BCUT2D eigenvalue weighted by molar-refractivity contribution is 6.24. The fourth-order valence-corrected chi connectivity index (χ4v) is 6.46. The van der Waals surface area contributed by atoms with Crippen molar-refractivity contribution in [2.24, 2.45) is 17.6 Å². The zero-order valence-corrected chi connectivity index (χ0v) is 23.0. The molecule has 3 aromatic rings. The Labute approximate surface area is 249 Å². The highest BCUT2D eigenvalue weighted by atomic mass is 16.3. The van der Waals surface area contributed by atoms with Crippen molar-refractivity contribution in [3.8, 4) is 22.6 Å². The van der Waals surface area contributed by atoms with Gasteiger partial charge in [-0.1, -0.05) is 18.2 Å². The summed E-state index contributed by atoms with van der Waals surface area (Å²) in [5.74, 6) is -6.77. The summed E-state index contributed by atoms with van der Waals surface area (Å²) in [6.45, 7) is 0. The van der Waals surface area contributed by atoms with Gasteiger partial charge in [0.2, 0.25) is 5.78 Å². The number of hydrogen-bond acceptors (Lipinski definition) is 9. The van der Waals surface area contributed by atoms with Crippen LogP contribution in [0.4, 0.5) is 16.2 Å². The number of benzene rings is 3. The maximum atomic E-state index is 13.8. The summed E-state index contributed by atoms with van der Waals surface area (Å²) in [6, 6.07) is 15.2. The summed E-state index contributed by atoms with van der Waals surface area (Å²) in [5.41, 5.74) is 4.20. The number of ketones is 2. The predicted octanol–water partition coefficient (Wildman–Crippen LogP) is 3.60. The lowest BCUT2D eigenvalue weighted by molar-refractivity contribution is -0.144. The molecule has 3 aliphatic carbocycles. The Balaban J connectivity index is 1.31. The molecule has 12 nitrogen and oxygen atoms in total. The molecule has 0 saturated carbocycles. The number of rotatable bonds is 4. The number of hydrogen-bond donors (Lipinski definition) is 8. The predicted molar refractivity (Wildman–Crippen MR) is 157 cm³/mol. The normalized spacial score (nSPS) is 22.6. The number of phenols is 2. The Morgan fingerprint density at radius 1 is 0.841 bits per heavy atom. The van der Waals surface area contributed by atoms with Gasteiger partial charge in [0.15, 0.2) is 11.4 Å². The van der Waals surface area contributed by atoms with Crippen LogP contribution in [0.3, 0.4) is 0 Å². The van der Waals surface area contributed by atoms with Crippen molar-refractivity contribution >= 4 is 34.9 Å². The molecule has 0 spiro atoms. The molecular formula is C32H27N3O9. The number of carbonyl (C=O) groups is 4. The first-order chi connectivity index (χ1) is 20.9. The van der Waals surface area contributed by atoms with Gasteiger partial charge in [0.25, 0.3) is 5.91 Å². The average molecular weight is 598 g/mol. The van der Waals surface area contributed by atoms with Crippen molar-refractivity contribution in [1.29, 1.82) is 0 Å². The van der Waals surface area contributed by atoms with E-state index in [1.807, 2.05) is 0 Å². The van der Waals surface area contributed by atoms with Crippen LogP contribution in [-0.2, 0) is 16.0 Å². The van der Waals surface area contributed by atoms with Crippen molar-refractivity contribution in [3.63, 3.8) is 0 Å². The molecule has 0 aliphatic heterocycles. The number of Topliss-reactive ketones (excluding diaryl/α,β-unsaturated/α-hetero) is 2. The van der Waals surface area contributed by atoms with Gasteiger partial charge in [-0.3, -0.25) is 14.4 Å². The SMILES string of the molecule is NC(=O)C1=C(O)C[C@@H]2CC3Cc4c(-c5ccc(NC(=O)Nc6ccc(O)cc6)cc5)ccc(O)c4C(=O)C3=C(O)[C@]2(O)C1=O. The van der Waals surface area contributed by atoms with Gasteiger partial charge < -0.3 is 41.9 Å². The minimum Gasteiger partial charge on any atom is -0.511 e. The average Bonchev–Trinajstić information content (AvgIpc) is 2.96. The van der Waals surface area contributed by atoms with Crippen LogP contribution in [0.25, 0.3) is 11.1 Å². The Kier molecular flexibility index (Phi) is 6.66. The minimum absolute atomic E-state index is 0.0248. The van der Waals surface area contributed by atoms with Crippen molar-refractivity contribution in [2.45, 2.75) is 24.9 Å². The number of nitrogens with two attached hydrogens (primary N) is 1. The first-order valence-electron chi connectivity index (χ1n) is 13.7. The molecule has 9 N–H and O–H groups in total. The molecule has 0 fully saturated rings. The number of urea groups is 1. The molecular weight excluding hydrogens is 570 g/mol. The van der Waals surface area contributed by atoms with Crippen molar-refractivity contribution in [3.05, 3.63) is 94.5 Å². The topological polar surface area (TPSA) is 220 Å². The largest absolute Gasteiger partial charge is 0.511 e. The second-order valence-electron chi connectivity index (χ2n) is 11.1. The lowest BCUT2D eigenvalue weighted by Gasteiger charge is -2.45. The first kappa shape index (κ1) is 28.5. The van der Waals surface area contributed by atoms with Gasteiger partial charge >= 0.3 is 6.03 Å². The van der Waals surface area contributed by atoms with E-state index in [9.17, 15) is 44.7 Å². The zero-order valence-electron chi connectivity index (χ0n) is 23.0. The van der Waals surface area contributed by atoms with E-state index in [4.69, 9.17) is 5.73 Å². The van der Waals surface area contributed by atoms with Crippen LogP contribution in [0.2, 0.25) is 0 Å². The van der Waals surface area contributed by atoms with E-state index in [1.54, 1.807) is 42.5 Å². The third-order valence-electron chi connectivity index (χ3n) is 8.52. The number of aliphatic hydroxyl groups excluding tert-OH is 2. The number of phenolic OH excluding ortho intramolecular Hbond substituents is 2. The third kappa shape index (κ3) is 4.43. The second-order valence-corrected chi connectivity index (χ2v) is 11.1. The van der Waals surface area contributed by atoms with Crippen LogP contribution in [-0.4, -0.2) is 54.6 Å². The maximum absolute atomic E-state index is 13.8. The monoisotopic (exact) mass is 597 g/mol. The summed E-state index contributed by atoms with van der Waals surface area (Å²) in [7, 11) is 0. The van der Waals surface area contributed by atoms with Gasteiger partial charge in [0, 0.05) is 29.3 Å². The molecule has 3 aromatic carbocycles. The number of allylic oxidation sites excluding steroid dienone is 2. The van der Waals surface area contributed by atoms with Crippen LogP contribution in [0.5, 0.6) is 11.5 Å². The van der Waals surface area contributed by atoms with Crippen LogP contribution in [0.1, 0.15) is 28.8 Å². The van der Waals surface area contributed by atoms with Crippen LogP contribution in [0.15, 0.2) is 83.3 Å². The number of nitrogens with one attached hydrogen (secondary N) is 2. The number of carbonyl (C=O) groups excluding carboxylic acids is 4. The van der Waals surface area contributed by atoms with Gasteiger partial charge in [-0.25, -0.2) is 4.79 Å². The maximum Gasteiger partial charge on any atom is 0.323 e. The Bertz CT molecular complexity index is 1830. The van der Waals surface area contributed by atoms with E-state index in [2.05, 4.69) is 10.6 Å². The number of aliphatic hydroxyl groups is 3. The van der Waals surface area contributed by atoms with E-state index < -0.39 is 58.0 Å². The Morgan fingerprint density at radius 2 is 1.45 bits per heavy atom. The van der Waals surface area contributed by atoms with Crippen molar-refractivity contribution < 1.29 is 44.7 Å². The molecule has 44 heavy (non-hydrogen) atoms. The highest BCUT2D eigenvalue weighted by Gasteiger charge is 2.59. The molecule has 0 heterocycles. The van der Waals surface area contributed by atoms with E-state index in [0.29, 0.717) is 28.1 Å². The molecule has 3 aliphatic rings. The molecule has 3 amide bonds. The Hall–Kier alpha value is -5.62. The summed E-state index contributed by atoms with van der Waals surface area (Å²) < 4.78 is 0. The van der Waals surface area contributed by atoms with Crippen LogP contribution >= 0.6 is 0 Å². The van der Waals surface area contributed by atoms with Gasteiger partial charge in [-0.2, -0.15) is 0 Å². The van der Waals surface area contributed by atoms with Gasteiger partial charge in [0.05, 0.1) is 5.56 Å². The van der Waals surface area contributed by atoms with E-state index in [1.165, 1.54) is 18.2 Å². The molecule has 0 radical (unpaired) electrons. The molecule has 3 atom stereocenters. The fraction of sp³-hybridized carbons (Fsp3) is 0.188. The molecule has 6 rings (SSSR count).